The number of benzene rings is 2. The maximum absolute atomic E-state index is 13.0. The highest BCUT2D eigenvalue weighted by molar-refractivity contribution is 5.93. The monoisotopic (exact) mass is 530 g/mol. The van der Waals surface area contributed by atoms with E-state index in [2.05, 4.69) is 40.2 Å². The number of aryl methyl sites for hydroxylation is 1. The van der Waals surface area contributed by atoms with Gasteiger partial charge in [-0.05, 0) is 82.9 Å². The summed E-state index contributed by atoms with van der Waals surface area (Å²) < 4.78 is 5.38. The van der Waals surface area contributed by atoms with Crippen LogP contribution in [0.15, 0.2) is 54.6 Å². The summed E-state index contributed by atoms with van der Waals surface area (Å²) in [6.07, 6.45) is 7.25. The molecule has 0 bridgehead atoms. The van der Waals surface area contributed by atoms with Gasteiger partial charge in [0, 0.05) is 36.3 Å². The van der Waals surface area contributed by atoms with Crippen molar-refractivity contribution in [2.45, 2.75) is 83.8 Å². The van der Waals surface area contributed by atoms with Gasteiger partial charge in [0.1, 0.15) is 11.6 Å². The molecule has 0 fully saturated rings. The number of rotatable bonds is 11. The predicted octanol–water partition coefficient (Wildman–Crippen LogP) is 5.95. The van der Waals surface area contributed by atoms with Gasteiger partial charge in [-0.1, -0.05) is 48.5 Å². The van der Waals surface area contributed by atoms with Crippen molar-refractivity contribution in [3.63, 3.8) is 0 Å². The molecule has 1 atom stereocenters. The van der Waals surface area contributed by atoms with E-state index in [1.165, 1.54) is 35.2 Å². The average Bonchev–Trinajstić information content (AvgIpc) is 2.91. The Hall–Kier alpha value is -3.61. The van der Waals surface area contributed by atoms with Crippen molar-refractivity contribution >= 4 is 28.6 Å². The number of nitrogens with one attached hydrogen (secondary N) is 3. The second kappa shape index (κ2) is 13.5. The third kappa shape index (κ3) is 8.44. The predicted molar refractivity (Wildman–Crippen MR) is 157 cm³/mol. The molecule has 2 amide bonds. The number of alkyl carbamates (subject to hydrolysis) is 1. The van der Waals surface area contributed by atoms with Gasteiger partial charge >= 0.3 is 6.09 Å². The fourth-order valence-corrected chi connectivity index (χ4v) is 5.06. The van der Waals surface area contributed by atoms with Gasteiger partial charge in [-0.2, -0.15) is 0 Å². The van der Waals surface area contributed by atoms with Gasteiger partial charge in [-0.15, -0.1) is 0 Å². The highest BCUT2D eigenvalue weighted by Gasteiger charge is 2.24. The first-order chi connectivity index (χ1) is 18.8. The summed E-state index contributed by atoms with van der Waals surface area (Å²) in [7, 11) is 0. The van der Waals surface area contributed by atoms with Crippen LogP contribution < -0.4 is 16.0 Å². The van der Waals surface area contributed by atoms with Gasteiger partial charge in [0.15, 0.2) is 0 Å². The summed E-state index contributed by atoms with van der Waals surface area (Å²) in [4.78, 5) is 30.3. The van der Waals surface area contributed by atoms with Gasteiger partial charge in [0.25, 0.3) is 0 Å². The molecular weight excluding hydrogens is 488 g/mol. The van der Waals surface area contributed by atoms with Gasteiger partial charge in [-0.3, -0.25) is 9.78 Å². The Morgan fingerprint density at radius 1 is 0.923 bits per heavy atom. The van der Waals surface area contributed by atoms with Crippen LogP contribution >= 0.6 is 0 Å². The van der Waals surface area contributed by atoms with Crippen LogP contribution in [0.3, 0.4) is 0 Å². The first-order valence-electron chi connectivity index (χ1n) is 14.3. The molecule has 0 radical (unpaired) electrons. The minimum atomic E-state index is -0.699. The van der Waals surface area contributed by atoms with E-state index in [-0.39, 0.29) is 5.91 Å². The number of carbonyl (C=O) groups excluding carboxylic acids is 2. The molecule has 1 heterocycles. The second-order valence-corrected chi connectivity index (χ2v) is 11.3. The Labute approximate surface area is 232 Å². The fourth-order valence-electron chi connectivity index (χ4n) is 5.06. The minimum Gasteiger partial charge on any atom is -0.444 e. The number of ether oxygens (including phenoxy) is 1. The molecule has 1 aliphatic rings. The quantitative estimate of drug-likeness (QED) is 0.267. The number of unbranched alkanes of at least 4 members (excludes halogenated alkanes) is 2. The Morgan fingerprint density at radius 2 is 1.64 bits per heavy atom. The number of hydrogen-bond acceptors (Lipinski definition) is 5. The standard InChI is InChI=1S/C32H42N4O3/c1-32(2,3)39-31(38)36-28(22-23-14-6-4-7-15-23)30(37)34-21-13-5-12-20-33-29-24-16-8-10-18-26(24)35-27-19-11-9-17-25(27)29/h4,6-8,10,14-16,18,28H,5,9,11-13,17,19-22H2,1-3H3,(H,33,35)(H,34,37)(H,36,38)/t28-/m0/s1. The normalized spacial score (nSPS) is 13.8. The van der Waals surface area contributed by atoms with E-state index in [1.807, 2.05) is 30.3 Å². The van der Waals surface area contributed by atoms with Crippen molar-refractivity contribution in [3.05, 3.63) is 71.4 Å². The molecule has 1 aliphatic carbocycles. The molecule has 4 rings (SSSR count). The first kappa shape index (κ1) is 28.4. The third-order valence-electron chi connectivity index (χ3n) is 6.91. The zero-order chi connectivity index (χ0) is 27.7. The van der Waals surface area contributed by atoms with Crippen molar-refractivity contribution in [2.75, 3.05) is 18.4 Å². The summed E-state index contributed by atoms with van der Waals surface area (Å²) >= 11 is 0. The van der Waals surface area contributed by atoms with E-state index in [4.69, 9.17) is 9.72 Å². The lowest BCUT2D eigenvalue weighted by Gasteiger charge is -2.23. The van der Waals surface area contributed by atoms with Crippen LogP contribution in [0.1, 0.15) is 69.7 Å². The molecule has 7 heteroatoms. The lowest BCUT2D eigenvalue weighted by atomic mass is 9.92. The van der Waals surface area contributed by atoms with Crippen molar-refractivity contribution < 1.29 is 14.3 Å². The zero-order valence-electron chi connectivity index (χ0n) is 23.5. The molecule has 2 aromatic carbocycles. The molecule has 1 aromatic heterocycles. The molecule has 3 N–H and O–H groups in total. The molecule has 0 spiro atoms. The summed E-state index contributed by atoms with van der Waals surface area (Å²) in [5, 5.41) is 10.7. The average molecular weight is 531 g/mol. The van der Waals surface area contributed by atoms with Gasteiger partial charge < -0.3 is 20.7 Å². The molecule has 0 saturated heterocycles. The van der Waals surface area contributed by atoms with Crippen molar-refractivity contribution in [1.82, 2.24) is 15.6 Å². The van der Waals surface area contributed by atoms with Crippen LogP contribution in [0.25, 0.3) is 10.9 Å². The largest absolute Gasteiger partial charge is 0.444 e. The Kier molecular flexibility index (Phi) is 9.79. The van der Waals surface area contributed by atoms with E-state index in [9.17, 15) is 9.59 Å². The second-order valence-electron chi connectivity index (χ2n) is 11.3. The topological polar surface area (TPSA) is 92.3 Å². The number of pyridine rings is 1. The number of fused-ring (bicyclic) bond motifs is 2. The van der Waals surface area contributed by atoms with Crippen LogP contribution in [-0.2, 0) is 28.8 Å². The Balaban J connectivity index is 1.25. The molecule has 39 heavy (non-hydrogen) atoms. The van der Waals surface area contributed by atoms with Crippen molar-refractivity contribution in [1.29, 1.82) is 0 Å². The Bertz CT molecular complexity index is 1250. The van der Waals surface area contributed by atoms with E-state index < -0.39 is 17.7 Å². The summed E-state index contributed by atoms with van der Waals surface area (Å²) in [5.41, 5.74) is 5.29. The SMILES string of the molecule is CC(C)(C)OC(=O)N[C@@H](Cc1ccccc1)C(=O)NCCCCCNc1c2c(nc3ccccc13)CCCC2. The van der Waals surface area contributed by atoms with E-state index in [0.717, 1.165) is 49.7 Å². The first-order valence-corrected chi connectivity index (χ1v) is 14.3. The van der Waals surface area contributed by atoms with Gasteiger partial charge in [0.2, 0.25) is 5.91 Å². The number of carbonyl (C=O) groups is 2. The maximum atomic E-state index is 13.0. The fraction of sp³-hybridized carbons (Fsp3) is 0.469. The van der Waals surface area contributed by atoms with Crippen LogP contribution in [0.4, 0.5) is 10.5 Å². The van der Waals surface area contributed by atoms with E-state index in [1.54, 1.807) is 20.8 Å². The maximum Gasteiger partial charge on any atom is 0.408 e. The smallest absolute Gasteiger partial charge is 0.408 e. The van der Waals surface area contributed by atoms with E-state index in [0.29, 0.717) is 13.0 Å². The number of anilines is 1. The molecular formula is C32H42N4O3. The van der Waals surface area contributed by atoms with Crippen LogP contribution in [0.5, 0.6) is 0 Å². The highest BCUT2D eigenvalue weighted by atomic mass is 16.6. The molecule has 0 unspecified atom stereocenters. The number of nitrogens with zero attached hydrogens (tertiary/aromatic N) is 1. The molecule has 0 saturated carbocycles. The molecule has 208 valence electrons. The van der Waals surface area contributed by atoms with Crippen LogP contribution in [0.2, 0.25) is 0 Å². The minimum absolute atomic E-state index is 0.197. The lowest BCUT2D eigenvalue weighted by Crippen LogP contribution is -2.49. The summed E-state index contributed by atoms with van der Waals surface area (Å²) in [6, 6.07) is 17.4. The number of para-hydroxylation sites is 1. The summed E-state index contributed by atoms with van der Waals surface area (Å²) in [6.45, 7) is 6.86. The highest BCUT2D eigenvalue weighted by Crippen LogP contribution is 2.33. The van der Waals surface area contributed by atoms with Crippen LogP contribution in [-0.4, -0.2) is 41.7 Å². The zero-order valence-corrected chi connectivity index (χ0v) is 23.5. The molecule has 3 aromatic rings. The number of amides is 2. The van der Waals surface area contributed by atoms with Gasteiger partial charge in [0.05, 0.1) is 5.52 Å². The third-order valence-corrected chi connectivity index (χ3v) is 6.91. The number of hydrogen-bond donors (Lipinski definition) is 3. The van der Waals surface area contributed by atoms with Crippen LogP contribution in [0, 0.1) is 0 Å². The molecule has 0 aliphatic heterocycles. The van der Waals surface area contributed by atoms with E-state index >= 15 is 0 Å². The number of aromatic nitrogens is 1. The van der Waals surface area contributed by atoms with Crippen molar-refractivity contribution in [2.24, 2.45) is 0 Å². The summed E-state index contributed by atoms with van der Waals surface area (Å²) in [5.74, 6) is -0.197. The Morgan fingerprint density at radius 3 is 2.44 bits per heavy atom. The lowest BCUT2D eigenvalue weighted by molar-refractivity contribution is -0.123. The van der Waals surface area contributed by atoms with Gasteiger partial charge in [-0.25, -0.2) is 4.79 Å². The van der Waals surface area contributed by atoms with Crippen molar-refractivity contribution in [3.8, 4) is 0 Å². The molecule has 7 nitrogen and oxygen atoms in total.